The van der Waals surface area contributed by atoms with Gasteiger partial charge in [-0.1, -0.05) is 126 Å². The van der Waals surface area contributed by atoms with E-state index in [1.54, 1.807) is 0 Å². The van der Waals surface area contributed by atoms with E-state index >= 15 is 0 Å². The lowest BCUT2D eigenvalue weighted by Gasteiger charge is -2.34. The Balaban J connectivity index is 1.67. The van der Waals surface area contributed by atoms with Crippen LogP contribution in [0, 0.1) is 0 Å². The Morgan fingerprint density at radius 2 is 1.07 bits per heavy atom. The first-order valence-corrected chi connectivity index (χ1v) is 15.6. The number of unbranched alkanes of at least 4 members (excludes halogenated alkanes) is 6. The Kier molecular flexibility index (Phi) is 9.64. The van der Waals surface area contributed by atoms with Crippen LogP contribution in [-0.4, -0.2) is 17.2 Å². The van der Waals surface area contributed by atoms with Gasteiger partial charge in [0.05, 0.1) is 0 Å². The van der Waals surface area contributed by atoms with Gasteiger partial charge < -0.3 is 14.9 Å². The highest BCUT2D eigenvalue weighted by Crippen LogP contribution is 2.55. The summed E-state index contributed by atoms with van der Waals surface area (Å²) in [5.41, 5.74) is 9.05. The van der Waals surface area contributed by atoms with Crippen LogP contribution in [0.5, 0.6) is 0 Å². The van der Waals surface area contributed by atoms with E-state index in [1.807, 2.05) is 6.07 Å². The van der Waals surface area contributed by atoms with Gasteiger partial charge in [-0.2, -0.15) is 0 Å². The minimum Gasteiger partial charge on any atom is -0.423 e. The van der Waals surface area contributed by atoms with Gasteiger partial charge in [-0.3, -0.25) is 0 Å². The maximum Gasteiger partial charge on any atom is 0.488 e. The van der Waals surface area contributed by atoms with Gasteiger partial charge in [0.1, 0.15) is 0 Å². The molecule has 0 atom stereocenters. The zero-order valence-electron chi connectivity index (χ0n) is 24.7. The highest BCUT2D eigenvalue weighted by molar-refractivity contribution is 6.58. The van der Waals surface area contributed by atoms with Gasteiger partial charge in [0.15, 0.2) is 0 Å². The third kappa shape index (κ3) is 6.15. The lowest BCUT2D eigenvalue weighted by atomic mass is 9.68. The van der Waals surface area contributed by atoms with Gasteiger partial charge in [0, 0.05) is 22.5 Å². The van der Waals surface area contributed by atoms with Crippen molar-refractivity contribution in [1.82, 2.24) is 0 Å². The van der Waals surface area contributed by atoms with Crippen molar-refractivity contribution in [1.29, 1.82) is 0 Å². The van der Waals surface area contributed by atoms with Crippen LogP contribution in [0.2, 0.25) is 0 Å². The first-order valence-electron chi connectivity index (χ1n) is 15.6. The molecular formula is C37H44BNO2. The van der Waals surface area contributed by atoms with Crippen molar-refractivity contribution >= 4 is 29.6 Å². The van der Waals surface area contributed by atoms with Crippen LogP contribution in [0.3, 0.4) is 0 Å². The van der Waals surface area contributed by atoms with Crippen LogP contribution in [0.4, 0.5) is 17.1 Å². The summed E-state index contributed by atoms with van der Waals surface area (Å²) in [5.74, 6) is 0. The molecule has 0 aliphatic heterocycles. The van der Waals surface area contributed by atoms with Crippen molar-refractivity contribution in [3.63, 3.8) is 0 Å². The summed E-state index contributed by atoms with van der Waals surface area (Å²) in [6.45, 7) is 4.53. The Morgan fingerprint density at radius 1 is 0.561 bits per heavy atom. The van der Waals surface area contributed by atoms with Crippen LogP contribution in [0.15, 0.2) is 97.1 Å². The maximum absolute atomic E-state index is 10.2. The van der Waals surface area contributed by atoms with Gasteiger partial charge in [-0.15, -0.1) is 0 Å². The van der Waals surface area contributed by atoms with Crippen molar-refractivity contribution in [2.24, 2.45) is 0 Å². The topological polar surface area (TPSA) is 43.7 Å². The molecule has 0 aromatic heterocycles. The molecule has 0 saturated heterocycles. The van der Waals surface area contributed by atoms with E-state index < -0.39 is 7.12 Å². The minimum atomic E-state index is -1.47. The Hall–Kier alpha value is -3.34. The number of hydrogen-bond donors (Lipinski definition) is 2. The van der Waals surface area contributed by atoms with E-state index in [9.17, 15) is 10.0 Å². The molecule has 0 heterocycles. The van der Waals surface area contributed by atoms with E-state index in [-0.39, 0.29) is 5.41 Å². The van der Waals surface area contributed by atoms with Crippen LogP contribution in [-0.2, 0) is 5.41 Å². The third-order valence-corrected chi connectivity index (χ3v) is 8.87. The average Bonchev–Trinajstić information content (AvgIpc) is 3.27. The number of nitrogens with zero attached hydrogens (tertiary/aromatic N) is 1. The quantitative estimate of drug-likeness (QED) is 0.123. The van der Waals surface area contributed by atoms with E-state index in [1.165, 1.54) is 60.8 Å². The SMILES string of the molecule is CCCCCCC1(CCCCCC)c2cc(B(O)O)ccc2-c2ccc(N(c3ccccc3)c3ccccc3)cc21. The predicted octanol–water partition coefficient (Wildman–Crippen LogP) is 9.04. The summed E-state index contributed by atoms with van der Waals surface area (Å²) < 4.78 is 0. The summed E-state index contributed by atoms with van der Waals surface area (Å²) in [4.78, 5) is 2.35. The molecule has 41 heavy (non-hydrogen) atoms. The summed E-state index contributed by atoms with van der Waals surface area (Å²) in [5, 5.41) is 20.3. The normalized spacial score (nSPS) is 13.1. The fourth-order valence-corrected chi connectivity index (χ4v) is 6.77. The molecule has 0 spiro atoms. The summed E-state index contributed by atoms with van der Waals surface area (Å²) in [6, 6.07) is 34.3. The molecule has 0 amide bonds. The van der Waals surface area contributed by atoms with Gasteiger partial charge >= 0.3 is 7.12 Å². The van der Waals surface area contributed by atoms with Gasteiger partial charge in [-0.25, -0.2) is 0 Å². The van der Waals surface area contributed by atoms with Gasteiger partial charge in [0.2, 0.25) is 0 Å². The highest BCUT2D eigenvalue weighted by atomic mass is 16.4. The standard InChI is InChI=1S/C37H44BNO2/c1-3-5-7-15-25-37(26-16-8-6-4-2)35-27-29(38(40)41)21-23-33(35)34-24-22-32(28-36(34)37)39(30-17-11-9-12-18-30)31-19-13-10-14-20-31/h9-14,17-24,27-28,40-41H,3-8,15-16,25-26H2,1-2H3. The van der Waals surface area contributed by atoms with Crippen LogP contribution in [0.25, 0.3) is 11.1 Å². The van der Waals surface area contributed by atoms with Crippen molar-refractivity contribution < 1.29 is 10.0 Å². The number of anilines is 3. The second-order valence-electron chi connectivity index (χ2n) is 11.6. The Morgan fingerprint density at radius 3 is 1.59 bits per heavy atom. The molecule has 4 aromatic rings. The first kappa shape index (κ1) is 29.2. The number of hydrogen-bond acceptors (Lipinski definition) is 3. The monoisotopic (exact) mass is 545 g/mol. The van der Waals surface area contributed by atoms with E-state index in [2.05, 4.69) is 110 Å². The molecular weight excluding hydrogens is 501 g/mol. The minimum absolute atomic E-state index is 0.147. The van der Waals surface area contributed by atoms with E-state index in [4.69, 9.17) is 0 Å². The van der Waals surface area contributed by atoms with E-state index in [0.29, 0.717) is 5.46 Å². The second-order valence-corrected chi connectivity index (χ2v) is 11.6. The molecule has 4 heteroatoms. The first-order chi connectivity index (χ1) is 20.1. The lowest BCUT2D eigenvalue weighted by molar-refractivity contribution is 0.400. The zero-order chi connectivity index (χ0) is 28.7. The summed E-state index contributed by atoms with van der Waals surface area (Å²) >= 11 is 0. The predicted molar refractivity (Wildman–Crippen MR) is 175 cm³/mol. The van der Waals surface area contributed by atoms with Crippen LogP contribution in [0.1, 0.15) is 89.2 Å². The highest BCUT2D eigenvalue weighted by Gasteiger charge is 2.43. The molecule has 1 aliphatic rings. The lowest BCUT2D eigenvalue weighted by Crippen LogP contribution is -2.32. The summed E-state index contributed by atoms with van der Waals surface area (Å²) in [7, 11) is -1.47. The number of para-hydroxylation sites is 2. The summed E-state index contributed by atoms with van der Waals surface area (Å²) in [6.07, 6.45) is 11.8. The average molecular weight is 546 g/mol. The number of fused-ring (bicyclic) bond motifs is 3. The molecule has 2 N–H and O–H groups in total. The molecule has 5 rings (SSSR count). The molecule has 4 aromatic carbocycles. The molecule has 0 fully saturated rings. The molecule has 212 valence electrons. The maximum atomic E-state index is 10.2. The second kappa shape index (κ2) is 13.6. The Labute approximate surface area is 247 Å². The van der Waals surface area contributed by atoms with Crippen LogP contribution >= 0.6 is 0 Å². The third-order valence-electron chi connectivity index (χ3n) is 8.87. The van der Waals surface area contributed by atoms with Gasteiger partial charge in [-0.05, 0) is 77.0 Å². The molecule has 0 bridgehead atoms. The zero-order valence-corrected chi connectivity index (χ0v) is 24.7. The molecule has 3 nitrogen and oxygen atoms in total. The van der Waals surface area contributed by atoms with Crippen molar-refractivity contribution in [2.45, 2.75) is 83.5 Å². The largest absolute Gasteiger partial charge is 0.488 e. The molecule has 0 radical (unpaired) electrons. The van der Waals surface area contributed by atoms with Crippen molar-refractivity contribution in [3.8, 4) is 11.1 Å². The Bertz CT molecular complexity index is 1350. The smallest absolute Gasteiger partial charge is 0.423 e. The van der Waals surface area contributed by atoms with Crippen molar-refractivity contribution in [2.75, 3.05) is 4.90 Å². The van der Waals surface area contributed by atoms with E-state index in [0.717, 1.165) is 42.7 Å². The molecule has 0 unspecified atom stereocenters. The van der Waals surface area contributed by atoms with Gasteiger partial charge in [0.25, 0.3) is 0 Å². The van der Waals surface area contributed by atoms with Crippen molar-refractivity contribution in [3.05, 3.63) is 108 Å². The fraction of sp³-hybridized carbons (Fsp3) is 0.351. The number of benzene rings is 4. The molecule has 1 aliphatic carbocycles. The number of rotatable bonds is 14. The fourth-order valence-electron chi connectivity index (χ4n) is 6.77. The van der Waals surface area contributed by atoms with Crippen LogP contribution < -0.4 is 10.4 Å². The molecule has 0 saturated carbocycles.